The van der Waals surface area contributed by atoms with Crippen LogP contribution in [0.2, 0.25) is 0 Å². The van der Waals surface area contributed by atoms with Crippen molar-refractivity contribution in [3.8, 4) is 16.8 Å². The van der Waals surface area contributed by atoms with E-state index < -0.39 is 0 Å². The molecular weight excluding hydrogens is 786 g/mol. The Morgan fingerprint density at radius 1 is 0.523 bits per heavy atom. The lowest BCUT2D eigenvalue weighted by atomic mass is 9.55. The largest absolute Gasteiger partial charge is 0.355 e. The minimum atomic E-state index is 0.0178. The van der Waals surface area contributed by atoms with E-state index in [2.05, 4.69) is 226 Å². The van der Waals surface area contributed by atoms with Crippen LogP contribution in [-0.4, -0.2) is 11.8 Å². The molecule has 1 radical (unpaired) electrons. The highest BCUT2D eigenvalue weighted by Crippen LogP contribution is 2.53. The van der Waals surface area contributed by atoms with Crippen LogP contribution in [0.1, 0.15) is 120 Å². The zero-order valence-corrected chi connectivity index (χ0v) is 40.4. The summed E-state index contributed by atoms with van der Waals surface area (Å²) in [5.41, 5.74) is 24.4. The normalized spacial score (nSPS) is 17.2. The number of anilines is 5. The number of hydrogen-bond donors (Lipinski definition) is 1. The van der Waals surface area contributed by atoms with Crippen LogP contribution in [0.3, 0.4) is 0 Å². The molecule has 8 aromatic rings. The van der Waals surface area contributed by atoms with Gasteiger partial charge in [0.1, 0.15) is 0 Å². The number of fused-ring (bicyclic) bond motifs is 7. The van der Waals surface area contributed by atoms with E-state index >= 15 is 0 Å². The van der Waals surface area contributed by atoms with E-state index in [9.17, 15) is 0 Å². The Morgan fingerprint density at radius 2 is 1.08 bits per heavy atom. The summed E-state index contributed by atoms with van der Waals surface area (Å²) in [5.74, 6) is 0. The summed E-state index contributed by atoms with van der Waals surface area (Å²) in [4.78, 5) is 2.53. The molecule has 1 aromatic heterocycles. The van der Waals surface area contributed by atoms with Gasteiger partial charge in [0.2, 0.25) is 0 Å². The van der Waals surface area contributed by atoms with Gasteiger partial charge in [-0.2, -0.15) is 0 Å². The monoisotopic (exact) mass is 849 g/mol. The highest BCUT2D eigenvalue weighted by Gasteiger charge is 2.41. The molecule has 3 aliphatic rings. The van der Waals surface area contributed by atoms with Gasteiger partial charge in [-0.05, 0) is 179 Å². The molecule has 325 valence electrons. The Kier molecular flexibility index (Phi) is 9.30. The molecule has 0 bridgehead atoms. The van der Waals surface area contributed by atoms with Crippen LogP contribution in [0.15, 0.2) is 127 Å². The molecular formula is C61H63BN3. The summed E-state index contributed by atoms with van der Waals surface area (Å²) < 4.78 is 2.64. The summed E-state index contributed by atoms with van der Waals surface area (Å²) >= 11 is 0. The molecule has 3 nitrogen and oxygen atoms in total. The molecule has 7 aromatic carbocycles. The van der Waals surface area contributed by atoms with Gasteiger partial charge in [0.15, 0.2) is 7.28 Å². The van der Waals surface area contributed by atoms with E-state index in [0.717, 1.165) is 35.6 Å². The molecule has 0 fully saturated rings. The van der Waals surface area contributed by atoms with Gasteiger partial charge < -0.3 is 14.8 Å². The third-order valence-corrected chi connectivity index (χ3v) is 15.9. The number of benzene rings is 7. The maximum atomic E-state index is 4.04. The first-order valence-corrected chi connectivity index (χ1v) is 24.0. The van der Waals surface area contributed by atoms with Crippen molar-refractivity contribution in [1.29, 1.82) is 0 Å². The number of para-hydroxylation sites is 1. The van der Waals surface area contributed by atoms with Crippen molar-refractivity contribution in [1.82, 2.24) is 4.57 Å². The summed E-state index contributed by atoms with van der Waals surface area (Å²) in [6, 6.07) is 49.0. The topological polar surface area (TPSA) is 20.2 Å². The van der Waals surface area contributed by atoms with Gasteiger partial charge in [0.25, 0.3) is 0 Å². The maximum absolute atomic E-state index is 4.04. The zero-order chi connectivity index (χ0) is 45.4. The smallest absolute Gasteiger partial charge is 0.197 e. The van der Waals surface area contributed by atoms with Crippen molar-refractivity contribution >= 4 is 68.4 Å². The molecule has 2 aliphatic carbocycles. The Labute approximate surface area is 388 Å². The van der Waals surface area contributed by atoms with Crippen LogP contribution in [0.25, 0.3) is 38.6 Å². The minimum Gasteiger partial charge on any atom is -0.355 e. The Hall–Kier alpha value is -6.00. The van der Waals surface area contributed by atoms with E-state index in [4.69, 9.17) is 0 Å². The second-order valence-electron chi connectivity index (χ2n) is 22.5. The van der Waals surface area contributed by atoms with Gasteiger partial charge in [0, 0.05) is 44.8 Å². The summed E-state index contributed by atoms with van der Waals surface area (Å²) in [6.45, 7) is 26.2. The summed E-state index contributed by atoms with van der Waals surface area (Å²) in [5, 5.41) is 6.58. The van der Waals surface area contributed by atoms with Gasteiger partial charge in [-0.25, -0.2) is 0 Å². The number of nitrogens with zero attached hydrogens (tertiary/aromatic N) is 2. The van der Waals surface area contributed by atoms with E-state index in [1.165, 1.54) is 107 Å². The highest BCUT2D eigenvalue weighted by molar-refractivity contribution is 6.73. The molecule has 0 amide bonds. The molecule has 4 heteroatoms. The van der Waals surface area contributed by atoms with Gasteiger partial charge in [0.05, 0.1) is 16.7 Å². The molecule has 0 unspecified atom stereocenters. The number of hydrogen-bond acceptors (Lipinski definition) is 2. The average Bonchev–Trinajstić information content (AvgIpc) is 3.62. The molecule has 65 heavy (non-hydrogen) atoms. The van der Waals surface area contributed by atoms with E-state index in [1.54, 1.807) is 0 Å². The molecule has 0 saturated carbocycles. The highest BCUT2D eigenvalue weighted by atomic mass is 15.1. The van der Waals surface area contributed by atoms with Crippen molar-refractivity contribution in [2.24, 2.45) is 0 Å². The first kappa shape index (κ1) is 41.7. The third-order valence-electron chi connectivity index (χ3n) is 15.9. The van der Waals surface area contributed by atoms with Crippen LogP contribution in [0, 0.1) is 20.8 Å². The fourth-order valence-electron chi connectivity index (χ4n) is 11.7. The minimum absolute atomic E-state index is 0.0178. The zero-order valence-electron chi connectivity index (χ0n) is 40.4. The molecule has 11 rings (SSSR count). The van der Waals surface area contributed by atoms with Crippen LogP contribution in [0.4, 0.5) is 28.4 Å². The summed E-state index contributed by atoms with van der Waals surface area (Å²) in [6.07, 6.45) is 4.65. The van der Waals surface area contributed by atoms with Crippen LogP contribution in [-0.2, 0) is 21.7 Å². The number of aryl methyl sites for hydroxylation is 3. The Balaban J connectivity index is 1.32. The number of nitrogens with one attached hydrogen (secondary N) is 1. The standard InChI is InChI=1S/C61H63BN3/c1-37-22-24-40(25-23-37)63-51-35-48-46(58(4,5)26-28-60(48,8)9)32-44(51)45-33-54(64(41-18-14-16-38(2)30-41)42-19-15-17-39(3)31-42)55-43-20-12-13-21-52(43)65-53-36-49-47(34-50(53)62-56(45)57(55)65)59(6,7)27-29-61(49,10)11/h12-25,30-36,63H,26-29H2,1-11H3. The Morgan fingerprint density at radius 3 is 1.68 bits per heavy atom. The first-order chi connectivity index (χ1) is 30.9. The van der Waals surface area contributed by atoms with E-state index in [-0.39, 0.29) is 21.7 Å². The lowest BCUT2D eigenvalue weighted by Gasteiger charge is -2.43. The number of aromatic nitrogens is 1. The van der Waals surface area contributed by atoms with Crippen LogP contribution < -0.4 is 21.1 Å². The molecule has 1 aliphatic heterocycles. The third kappa shape index (κ3) is 6.68. The Bertz CT molecular complexity index is 3200. The van der Waals surface area contributed by atoms with Crippen molar-refractivity contribution in [2.75, 3.05) is 10.2 Å². The van der Waals surface area contributed by atoms with E-state index in [1.807, 2.05) is 0 Å². The van der Waals surface area contributed by atoms with Gasteiger partial charge >= 0.3 is 0 Å². The fraction of sp³-hybridized carbons (Fsp3) is 0.311. The lowest BCUT2D eigenvalue weighted by Crippen LogP contribution is -2.41. The van der Waals surface area contributed by atoms with E-state index in [0.29, 0.717) is 0 Å². The van der Waals surface area contributed by atoms with Crippen molar-refractivity contribution in [3.63, 3.8) is 0 Å². The molecule has 1 N–H and O–H groups in total. The first-order valence-electron chi connectivity index (χ1n) is 24.0. The van der Waals surface area contributed by atoms with Gasteiger partial charge in [-0.3, -0.25) is 0 Å². The van der Waals surface area contributed by atoms with Crippen molar-refractivity contribution in [3.05, 3.63) is 166 Å². The predicted octanol–water partition coefficient (Wildman–Crippen LogP) is 15.3. The SMILES string of the molecule is Cc1ccc(Nc2cc3c(cc2-c2cc(N(c4cccc(C)c4)c4cccc(C)c4)c4c5ccccc5n5c4c2[B]c2cc4c(cc2-5)C(C)(C)CCC4(C)C)C(C)(C)CCC3(C)C)cc1. The van der Waals surface area contributed by atoms with Crippen LogP contribution in [0.5, 0.6) is 0 Å². The van der Waals surface area contributed by atoms with Gasteiger partial charge in [-0.15, -0.1) is 0 Å². The fourth-order valence-corrected chi connectivity index (χ4v) is 11.7. The average molecular weight is 849 g/mol. The van der Waals surface area contributed by atoms with Crippen molar-refractivity contribution < 1.29 is 0 Å². The molecule has 0 spiro atoms. The predicted molar refractivity (Wildman–Crippen MR) is 280 cm³/mol. The quantitative estimate of drug-likeness (QED) is 0.168. The second kappa shape index (κ2) is 14.5. The maximum Gasteiger partial charge on any atom is 0.197 e. The molecule has 2 heterocycles. The van der Waals surface area contributed by atoms with Crippen LogP contribution >= 0.6 is 0 Å². The molecule has 0 saturated heterocycles. The summed E-state index contributed by atoms with van der Waals surface area (Å²) in [7, 11) is 2.56. The second-order valence-corrected chi connectivity index (χ2v) is 22.5. The number of rotatable bonds is 6. The van der Waals surface area contributed by atoms with Gasteiger partial charge in [-0.1, -0.05) is 127 Å². The van der Waals surface area contributed by atoms with Crippen molar-refractivity contribution in [2.45, 2.75) is 124 Å². The molecule has 0 atom stereocenters. The lowest BCUT2D eigenvalue weighted by molar-refractivity contribution is 0.332.